The summed E-state index contributed by atoms with van der Waals surface area (Å²) in [6, 6.07) is 9.59. The van der Waals surface area contributed by atoms with Gasteiger partial charge in [0, 0.05) is 30.7 Å². The smallest absolute Gasteiger partial charge is 0.274 e. The minimum atomic E-state index is -0.201. The second-order valence-corrected chi connectivity index (χ2v) is 6.17. The van der Waals surface area contributed by atoms with Crippen LogP contribution in [0.1, 0.15) is 34.5 Å². The molecular weight excluding hydrogens is 302 g/mol. The number of nitrogens with one attached hydrogen (secondary N) is 2. The van der Waals surface area contributed by atoms with Gasteiger partial charge >= 0.3 is 0 Å². The number of anilines is 2. The van der Waals surface area contributed by atoms with Crippen molar-refractivity contribution in [1.82, 2.24) is 4.98 Å². The summed E-state index contributed by atoms with van der Waals surface area (Å²) in [5.74, 6) is -0.201. The van der Waals surface area contributed by atoms with Crippen LogP contribution in [0.3, 0.4) is 0 Å². The number of benzene rings is 1. The fraction of sp³-hybridized carbons (Fsp3) is 0.368. The molecule has 0 aliphatic carbocycles. The van der Waals surface area contributed by atoms with Crippen molar-refractivity contribution in [2.75, 3.05) is 23.8 Å². The van der Waals surface area contributed by atoms with Crippen LogP contribution in [0.2, 0.25) is 0 Å². The summed E-state index contributed by atoms with van der Waals surface area (Å²) >= 11 is 0. The average molecular weight is 325 g/mol. The van der Waals surface area contributed by atoms with Gasteiger partial charge in [0.25, 0.3) is 5.91 Å². The molecule has 2 N–H and O–H groups in total. The number of hydrogen-bond donors (Lipinski definition) is 2. The molecule has 3 rings (SSSR count). The van der Waals surface area contributed by atoms with Crippen LogP contribution in [0, 0.1) is 13.8 Å². The predicted molar refractivity (Wildman–Crippen MR) is 95.6 cm³/mol. The highest BCUT2D eigenvalue weighted by Crippen LogP contribution is 2.20. The topological polar surface area (TPSA) is 63.2 Å². The van der Waals surface area contributed by atoms with Crippen molar-refractivity contribution in [2.24, 2.45) is 0 Å². The van der Waals surface area contributed by atoms with Gasteiger partial charge in [0.1, 0.15) is 5.69 Å². The lowest BCUT2D eigenvalue weighted by Crippen LogP contribution is -2.19. The molecule has 1 aromatic carbocycles. The molecule has 1 saturated heterocycles. The molecule has 1 aliphatic rings. The average Bonchev–Trinajstić information content (AvgIpc) is 3.10. The number of rotatable bonds is 5. The Morgan fingerprint density at radius 3 is 2.79 bits per heavy atom. The maximum atomic E-state index is 12.5. The van der Waals surface area contributed by atoms with Crippen molar-refractivity contribution in [3.8, 4) is 0 Å². The number of amides is 1. The van der Waals surface area contributed by atoms with E-state index in [1.807, 2.05) is 38.1 Å². The summed E-state index contributed by atoms with van der Waals surface area (Å²) in [6.07, 6.45) is 4.10. The Bertz CT molecular complexity index is 704. The van der Waals surface area contributed by atoms with E-state index in [2.05, 4.69) is 15.6 Å². The Hall–Kier alpha value is -2.40. The van der Waals surface area contributed by atoms with Gasteiger partial charge in [0.15, 0.2) is 0 Å². The molecule has 1 amide bonds. The summed E-state index contributed by atoms with van der Waals surface area (Å²) < 4.78 is 5.60. The van der Waals surface area contributed by atoms with Crippen LogP contribution in [0.25, 0.3) is 0 Å². The van der Waals surface area contributed by atoms with Gasteiger partial charge in [-0.2, -0.15) is 0 Å². The molecule has 0 radical (unpaired) electrons. The number of hydrogen-bond acceptors (Lipinski definition) is 4. The maximum Gasteiger partial charge on any atom is 0.274 e. The molecule has 1 unspecified atom stereocenters. The van der Waals surface area contributed by atoms with E-state index in [9.17, 15) is 4.79 Å². The molecule has 2 heterocycles. The molecule has 126 valence electrons. The third kappa shape index (κ3) is 3.92. The van der Waals surface area contributed by atoms with Crippen molar-refractivity contribution in [2.45, 2.75) is 32.8 Å². The third-order valence-corrected chi connectivity index (χ3v) is 4.27. The van der Waals surface area contributed by atoms with Gasteiger partial charge in [-0.05, 0) is 49.9 Å². The SMILES string of the molecule is Cc1cccc(C)c1NC(=O)c1cc(NCC2CCCO2)ccn1. The normalized spacial score (nSPS) is 16.8. The van der Waals surface area contributed by atoms with Crippen LogP contribution in [-0.2, 0) is 4.74 Å². The number of ether oxygens (including phenoxy) is 1. The molecule has 0 spiro atoms. The van der Waals surface area contributed by atoms with E-state index in [0.717, 1.165) is 48.5 Å². The summed E-state index contributed by atoms with van der Waals surface area (Å²) in [5, 5.41) is 6.29. The predicted octanol–water partition coefficient (Wildman–Crippen LogP) is 3.54. The minimum absolute atomic E-state index is 0.201. The van der Waals surface area contributed by atoms with Gasteiger partial charge < -0.3 is 15.4 Å². The van der Waals surface area contributed by atoms with E-state index in [1.165, 1.54) is 0 Å². The summed E-state index contributed by atoms with van der Waals surface area (Å²) in [5.41, 5.74) is 4.20. The highest BCUT2D eigenvalue weighted by molar-refractivity contribution is 6.04. The number of aryl methyl sites for hydroxylation is 2. The molecular formula is C19H23N3O2. The maximum absolute atomic E-state index is 12.5. The quantitative estimate of drug-likeness (QED) is 0.882. The molecule has 24 heavy (non-hydrogen) atoms. The van der Waals surface area contributed by atoms with Crippen LogP contribution in [0.4, 0.5) is 11.4 Å². The molecule has 5 heteroatoms. The van der Waals surface area contributed by atoms with E-state index in [0.29, 0.717) is 5.69 Å². The van der Waals surface area contributed by atoms with Gasteiger partial charge in [-0.25, -0.2) is 0 Å². The van der Waals surface area contributed by atoms with Crippen LogP contribution >= 0.6 is 0 Å². The zero-order chi connectivity index (χ0) is 16.9. The Morgan fingerprint density at radius 2 is 2.08 bits per heavy atom. The van der Waals surface area contributed by atoms with Crippen LogP contribution < -0.4 is 10.6 Å². The van der Waals surface area contributed by atoms with Crippen LogP contribution in [0.5, 0.6) is 0 Å². The Morgan fingerprint density at radius 1 is 1.29 bits per heavy atom. The van der Waals surface area contributed by atoms with E-state index in [4.69, 9.17) is 4.74 Å². The highest BCUT2D eigenvalue weighted by atomic mass is 16.5. The molecule has 0 bridgehead atoms. The molecule has 0 saturated carbocycles. The van der Waals surface area contributed by atoms with Crippen LogP contribution in [-0.4, -0.2) is 30.1 Å². The molecule has 5 nitrogen and oxygen atoms in total. The fourth-order valence-electron chi connectivity index (χ4n) is 2.89. The number of carbonyl (C=O) groups excluding carboxylic acids is 1. The van der Waals surface area contributed by atoms with E-state index < -0.39 is 0 Å². The van der Waals surface area contributed by atoms with Gasteiger partial charge in [0.05, 0.1) is 6.10 Å². The molecule has 1 fully saturated rings. The number of carbonyl (C=O) groups is 1. The highest BCUT2D eigenvalue weighted by Gasteiger charge is 2.15. The fourth-order valence-corrected chi connectivity index (χ4v) is 2.89. The monoisotopic (exact) mass is 325 g/mol. The summed E-state index contributed by atoms with van der Waals surface area (Å²) in [6.45, 7) is 5.55. The van der Waals surface area contributed by atoms with E-state index in [1.54, 1.807) is 12.3 Å². The molecule has 1 aromatic heterocycles. The lowest BCUT2D eigenvalue weighted by atomic mass is 10.1. The largest absolute Gasteiger partial charge is 0.382 e. The second kappa shape index (κ2) is 7.45. The van der Waals surface area contributed by atoms with Gasteiger partial charge in [-0.1, -0.05) is 18.2 Å². The Labute approximate surface area is 142 Å². The van der Waals surface area contributed by atoms with Crippen molar-refractivity contribution < 1.29 is 9.53 Å². The molecule has 1 aliphatic heterocycles. The first kappa shape index (κ1) is 16.5. The molecule has 1 atom stereocenters. The summed E-state index contributed by atoms with van der Waals surface area (Å²) in [4.78, 5) is 16.7. The lowest BCUT2D eigenvalue weighted by Gasteiger charge is -2.13. The van der Waals surface area contributed by atoms with Crippen molar-refractivity contribution in [3.63, 3.8) is 0 Å². The Kier molecular flexibility index (Phi) is 5.11. The van der Waals surface area contributed by atoms with Crippen molar-refractivity contribution in [3.05, 3.63) is 53.3 Å². The van der Waals surface area contributed by atoms with Crippen molar-refractivity contribution >= 4 is 17.3 Å². The zero-order valence-corrected chi connectivity index (χ0v) is 14.1. The number of nitrogens with zero attached hydrogens (tertiary/aromatic N) is 1. The van der Waals surface area contributed by atoms with Crippen molar-refractivity contribution in [1.29, 1.82) is 0 Å². The lowest BCUT2D eigenvalue weighted by molar-refractivity contribution is 0.102. The van der Waals surface area contributed by atoms with Gasteiger partial charge in [-0.15, -0.1) is 0 Å². The Balaban J connectivity index is 1.67. The second-order valence-electron chi connectivity index (χ2n) is 6.17. The standard InChI is InChI=1S/C19H23N3O2/c1-13-5-3-6-14(2)18(13)22-19(23)17-11-15(8-9-20-17)21-12-16-7-4-10-24-16/h3,5-6,8-9,11,16H,4,7,10,12H2,1-2H3,(H,20,21)(H,22,23). The van der Waals surface area contributed by atoms with Gasteiger partial charge in [0.2, 0.25) is 0 Å². The third-order valence-electron chi connectivity index (χ3n) is 4.27. The minimum Gasteiger partial charge on any atom is -0.382 e. The summed E-state index contributed by atoms with van der Waals surface area (Å²) in [7, 11) is 0. The van der Waals surface area contributed by atoms with E-state index >= 15 is 0 Å². The first-order valence-electron chi connectivity index (χ1n) is 8.32. The van der Waals surface area contributed by atoms with Crippen LogP contribution in [0.15, 0.2) is 36.5 Å². The number of pyridine rings is 1. The number of para-hydroxylation sites is 1. The number of aromatic nitrogens is 1. The zero-order valence-electron chi connectivity index (χ0n) is 14.1. The first-order valence-corrected chi connectivity index (χ1v) is 8.32. The first-order chi connectivity index (χ1) is 11.6. The van der Waals surface area contributed by atoms with E-state index in [-0.39, 0.29) is 12.0 Å². The molecule has 2 aromatic rings. The van der Waals surface area contributed by atoms with Gasteiger partial charge in [-0.3, -0.25) is 9.78 Å².